The zero-order chi connectivity index (χ0) is 17.0. The van der Waals surface area contributed by atoms with Gasteiger partial charge >= 0.3 is 0 Å². The fourth-order valence-corrected chi connectivity index (χ4v) is 4.03. The molecule has 2 atom stereocenters. The molecule has 0 aromatic heterocycles. The highest BCUT2D eigenvalue weighted by atomic mass is 32.2. The van der Waals surface area contributed by atoms with E-state index in [2.05, 4.69) is 17.6 Å². The van der Waals surface area contributed by atoms with Crippen molar-refractivity contribution in [2.24, 2.45) is 5.92 Å². The lowest BCUT2D eigenvalue weighted by Crippen LogP contribution is -2.43. The van der Waals surface area contributed by atoms with E-state index in [1.807, 2.05) is 6.07 Å². The number of benzene rings is 1. The Kier molecular flexibility index (Phi) is 6.00. The van der Waals surface area contributed by atoms with E-state index >= 15 is 0 Å². The van der Waals surface area contributed by atoms with Crippen LogP contribution in [0.25, 0.3) is 0 Å². The Bertz CT molecular complexity index is 659. The summed E-state index contributed by atoms with van der Waals surface area (Å²) >= 11 is 5.38. The van der Waals surface area contributed by atoms with E-state index in [0.29, 0.717) is 22.8 Å². The van der Waals surface area contributed by atoms with Gasteiger partial charge in [0.25, 0.3) is 0 Å². The molecule has 1 fully saturated rings. The first-order valence-electron chi connectivity index (χ1n) is 7.91. The fourth-order valence-electron chi connectivity index (χ4n) is 2.81. The Morgan fingerprint density at radius 1 is 1.26 bits per heavy atom. The number of anilines is 1. The molecular formula is C16H25N3O2S2. The second-order valence-corrected chi connectivity index (χ2v) is 8.84. The average molecular weight is 356 g/mol. The second kappa shape index (κ2) is 7.59. The van der Waals surface area contributed by atoms with Crippen molar-refractivity contribution in [2.45, 2.75) is 43.5 Å². The number of thiocarbonyl (C=S) groups is 1. The summed E-state index contributed by atoms with van der Waals surface area (Å²) in [5, 5.41) is 7.00. The highest BCUT2D eigenvalue weighted by molar-refractivity contribution is 7.89. The van der Waals surface area contributed by atoms with Gasteiger partial charge in [-0.1, -0.05) is 25.8 Å². The van der Waals surface area contributed by atoms with E-state index < -0.39 is 10.0 Å². The molecule has 0 radical (unpaired) electrons. The minimum absolute atomic E-state index is 0.251. The first-order chi connectivity index (χ1) is 10.8. The maximum Gasteiger partial charge on any atom is 0.242 e. The molecule has 0 unspecified atom stereocenters. The largest absolute Gasteiger partial charge is 0.359 e. The molecule has 0 saturated heterocycles. The summed E-state index contributed by atoms with van der Waals surface area (Å²) in [5.41, 5.74) is 0.675. The number of nitrogens with one attached hydrogen (secondary N) is 2. The van der Waals surface area contributed by atoms with Gasteiger partial charge in [-0.15, -0.1) is 0 Å². The van der Waals surface area contributed by atoms with Gasteiger partial charge in [0.15, 0.2) is 5.11 Å². The van der Waals surface area contributed by atoms with Crippen LogP contribution in [-0.4, -0.2) is 38.0 Å². The molecule has 23 heavy (non-hydrogen) atoms. The fraction of sp³-hybridized carbons (Fsp3) is 0.562. The molecule has 0 amide bonds. The maximum absolute atomic E-state index is 12.2. The summed E-state index contributed by atoms with van der Waals surface area (Å²) < 4.78 is 25.6. The lowest BCUT2D eigenvalue weighted by atomic mass is 9.86. The molecule has 0 spiro atoms. The van der Waals surface area contributed by atoms with Crippen molar-refractivity contribution >= 4 is 33.0 Å². The van der Waals surface area contributed by atoms with Gasteiger partial charge in [0, 0.05) is 25.8 Å². The van der Waals surface area contributed by atoms with Crippen LogP contribution in [0.5, 0.6) is 0 Å². The minimum atomic E-state index is -3.44. The Balaban J connectivity index is 2.04. The van der Waals surface area contributed by atoms with Crippen molar-refractivity contribution in [1.29, 1.82) is 0 Å². The third-order valence-electron chi connectivity index (χ3n) is 4.30. The summed E-state index contributed by atoms with van der Waals surface area (Å²) in [6, 6.07) is 7.10. The number of rotatable bonds is 4. The Hall–Kier alpha value is -1.18. The van der Waals surface area contributed by atoms with Gasteiger partial charge in [-0.2, -0.15) is 0 Å². The van der Waals surface area contributed by atoms with Gasteiger partial charge < -0.3 is 10.6 Å². The zero-order valence-corrected chi connectivity index (χ0v) is 15.5. The van der Waals surface area contributed by atoms with Crippen LogP contribution in [-0.2, 0) is 10.0 Å². The molecule has 7 heteroatoms. The van der Waals surface area contributed by atoms with Gasteiger partial charge in [0.2, 0.25) is 10.0 Å². The van der Waals surface area contributed by atoms with Gasteiger partial charge in [-0.3, -0.25) is 0 Å². The third kappa shape index (κ3) is 4.65. The van der Waals surface area contributed by atoms with Gasteiger partial charge in [0.1, 0.15) is 0 Å². The summed E-state index contributed by atoms with van der Waals surface area (Å²) in [6.07, 6.45) is 4.85. The van der Waals surface area contributed by atoms with Crippen molar-refractivity contribution in [3.63, 3.8) is 0 Å². The predicted octanol–water partition coefficient (Wildman–Crippen LogP) is 2.80. The van der Waals surface area contributed by atoms with Gasteiger partial charge in [-0.05, 0) is 49.2 Å². The topological polar surface area (TPSA) is 61.4 Å². The molecule has 1 saturated carbocycles. The number of hydrogen-bond acceptors (Lipinski definition) is 3. The number of sulfonamides is 1. The van der Waals surface area contributed by atoms with Crippen molar-refractivity contribution < 1.29 is 8.42 Å². The SMILES string of the molecule is C[C@H]1CCCC[C@H]1NC(=S)Nc1cccc(S(=O)(=O)N(C)C)c1. The molecule has 0 bridgehead atoms. The standard InChI is InChI=1S/C16H25N3O2S2/c1-12-7-4-5-10-15(12)18-16(22)17-13-8-6-9-14(11-13)23(20,21)19(2)3/h6,8-9,11-12,15H,4-5,7,10H2,1-3H3,(H2,17,18,22)/t12-,15+/m0/s1. The number of hydrogen-bond donors (Lipinski definition) is 2. The first kappa shape index (κ1) is 18.2. The van der Waals surface area contributed by atoms with Crippen molar-refractivity contribution in [2.75, 3.05) is 19.4 Å². The monoisotopic (exact) mass is 355 g/mol. The van der Waals surface area contributed by atoms with E-state index in [1.165, 1.54) is 37.7 Å². The van der Waals surface area contributed by atoms with Crippen LogP contribution in [0.4, 0.5) is 5.69 Å². The predicted molar refractivity (Wildman–Crippen MR) is 98.1 cm³/mol. The molecule has 1 aliphatic rings. The summed E-state index contributed by atoms with van der Waals surface area (Å²) in [4.78, 5) is 0.251. The molecule has 0 heterocycles. The van der Waals surface area contributed by atoms with Crippen LogP contribution in [0.15, 0.2) is 29.2 Å². The normalized spacial score (nSPS) is 21.9. The molecule has 5 nitrogen and oxygen atoms in total. The van der Waals surface area contributed by atoms with E-state index in [1.54, 1.807) is 18.2 Å². The van der Waals surface area contributed by atoms with Crippen LogP contribution in [0.1, 0.15) is 32.6 Å². The summed E-state index contributed by atoms with van der Waals surface area (Å²) in [7, 11) is -0.402. The molecule has 1 aromatic rings. The van der Waals surface area contributed by atoms with Crippen molar-refractivity contribution in [3.05, 3.63) is 24.3 Å². The quantitative estimate of drug-likeness (QED) is 0.813. The van der Waals surface area contributed by atoms with Crippen molar-refractivity contribution in [3.8, 4) is 0 Å². The maximum atomic E-state index is 12.2. The second-order valence-electron chi connectivity index (χ2n) is 6.28. The van der Waals surface area contributed by atoms with Crippen LogP contribution in [0.3, 0.4) is 0 Å². The van der Waals surface area contributed by atoms with Crippen LogP contribution >= 0.6 is 12.2 Å². The van der Waals surface area contributed by atoms with E-state index in [0.717, 1.165) is 6.42 Å². The molecule has 2 N–H and O–H groups in total. The molecule has 128 valence electrons. The minimum Gasteiger partial charge on any atom is -0.359 e. The first-order valence-corrected chi connectivity index (χ1v) is 9.75. The van der Waals surface area contributed by atoms with E-state index in [-0.39, 0.29) is 4.90 Å². The van der Waals surface area contributed by atoms with Crippen LogP contribution < -0.4 is 10.6 Å². The summed E-state index contributed by atoms with van der Waals surface area (Å²) in [6.45, 7) is 2.24. The third-order valence-corrected chi connectivity index (χ3v) is 6.33. The van der Waals surface area contributed by atoms with Crippen molar-refractivity contribution in [1.82, 2.24) is 9.62 Å². The summed E-state index contributed by atoms with van der Waals surface area (Å²) in [5.74, 6) is 0.601. The average Bonchev–Trinajstić information content (AvgIpc) is 2.49. The Labute approximate surface area is 144 Å². The smallest absolute Gasteiger partial charge is 0.242 e. The number of nitrogens with zero attached hydrogens (tertiary/aromatic N) is 1. The van der Waals surface area contributed by atoms with E-state index in [9.17, 15) is 8.42 Å². The van der Waals surface area contributed by atoms with E-state index in [4.69, 9.17) is 12.2 Å². The Morgan fingerprint density at radius 3 is 2.61 bits per heavy atom. The zero-order valence-electron chi connectivity index (χ0n) is 13.9. The molecule has 0 aliphatic heterocycles. The lowest BCUT2D eigenvalue weighted by Gasteiger charge is -2.30. The molecular weight excluding hydrogens is 330 g/mol. The van der Waals surface area contributed by atoms with Crippen LogP contribution in [0, 0.1) is 5.92 Å². The highest BCUT2D eigenvalue weighted by Crippen LogP contribution is 2.24. The lowest BCUT2D eigenvalue weighted by molar-refractivity contribution is 0.309. The molecule has 1 aliphatic carbocycles. The van der Waals surface area contributed by atoms with Gasteiger partial charge in [-0.25, -0.2) is 12.7 Å². The molecule has 1 aromatic carbocycles. The Morgan fingerprint density at radius 2 is 1.96 bits per heavy atom. The van der Waals surface area contributed by atoms with Crippen LogP contribution in [0.2, 0.25) is 0 Å². The highest BCUT2D eigenvalue weighted by Gasteiger charge is 2.22. The van der Waals surface area contributed by atoms with Gasteiger partial charge in [0.05, 0.1) is 4.90 Å². The molecule has 2 rings (SSSR count).